The third kappa shape index (κ3) is 3.19. The molecule has 5 heteroatoms. The highest BCUT2D eigenvalue weighted by molar-refractivity contribution is 5.92. The predicted octanol–water partition coefficient (Wildman–Crippen LogP) is 2.20. The maximum Gasteiger partial charge on any atom is 0.274 e. The van der Waals surface area contributed by atoms with Gasteiger partial charge in [-0.2, -0.15) is 5.10 Å². The minimum atomic E-state index is -0.0907. The maximum absolute atomic E-state index is 12.2. The van der Waals surface area contributed by atoms with Gasteiger partial charge in [0.25, 0.3) is 5.91 Å². The van der Waals surface area contributed by atoms with Gasteiger partial charge in [0.1, 0.15) is 5.69 Å². The fourth-order valence-corrected chi connectivity index (χ4v) is 1.77. The van der Waals surface area contributed by atoms with Gasteiger partial charge < -0.3 is 4.90 Å². The van der Waals surface area contributed by atoms with Gasteiger partial charge in [0.2, 0.25) is 0 Å². The molecule has 2 aromatic rings. The van der Waals surface area contributed by atoms with Gasteiger partial charge >= 0.3 is 0 Å². The van der Waals surface area contributed by atoms with Crippen molar-refractivity contribution < 1.29 is 4.79 Å². The first-order valence-corrected chi connectivity index (χ1v) is 6.27. The van der Waals surface area contributed by atoms with Crippen molar-refractivity contribution in [3.63, 3.8) is 0 Å². The fourth-order valence-electron chi connectivity index (χ4n) is 1.77. The van der Waals surface area contributed by atoms with E-state index in [0.29, 0.717) is 18.2 Å². The fraction of sp³-hybridized carbons (Fsp3) is 0.357. The number of carbonyl (C=O) groups excluding carboxylic acids is 1. The van der Waals surface area contributed by atoms with Crippen LogP contribution in [0.25, 0.3) is 0 Å². The van der Waals surface area contributed by atoms with E-state index in [1.165, 1.54) is 0 Å². The van der Waals surface area contributed by atoms with E-state index in [4.69, 9.17) is 0 Å². The van der Waals surface area contributed by atoms with Crippen LogP contribution >= 0.6 is 0 Å². The summed E-state index contributed by atoms with van der Waals surface area (Å²) in [7, 11) is 1.76. The number of aromatic amines is 1. The summed E-state index contributed by atoms with van der Waals surface area (Å²) in [5.41, 5.74) is 2.42. The third-order valence-corrected chi connectivity index (χ3v) is 2.93. The van der Waals surface area contributed by atoms with Crippen molar-refractivity contribution in [1.82, 2.24) is 20.1 Å². The Bertz CT molecular complexity index is 548. The summed E-state index contributed by atoms with van der Waals surface area (Å²) in [6, 6.07) is 5.62. The van der Waals surface area contributed by atoms with E-state index in [0.717, 1.165) is 11.3 Å². The van der Waals surface area contributed by atoms with E-state index >= 15 is 0 Å². The average molecular weight is 258 g/mol. The van der Waals surface area contributed by atoms with Gasteiger partial charge in [0, 0.05) is 31.7 Å². The van der Waals surface area contributed by atoms with Crippen molar-refractivity contribution in [3.05, 3.63) is 47.5 Å². The van der Waals surface area contributed by atoms with Crippen LogP contribution in [0.2, 0.25) is 0 Å². The second kappa shape index (κ2) is 5.65. The van der Waals surface area contributed by atoms with Crippen molar-refractivity contribution >= 4 is 5.91 Å². The lowest BCUT2D eigenvalue weighted by Gasteiger charge is -2.15. The number of nitrogens with one attached hydrogen (secondary N) is 1. The van der Waals surface area contributed by atoms with Crippen LogP contribution in [0.15, 0.2) is 30.6 Å². The Morgan fingerprint density at radius 1 is 1.47 bits per heavy atom. The zero-order valence-corrected chi connectivity index (χ0v) is 11.4. The number of carbonyl (C=O) groups is 1. The largest absolute Gasteiger partial charge is 0.336 e. The Balaban J connectivity index is 2.06. The molecule has 19 heavy (non-hydrogen) atoms. The second-order valence-electron chi connectivity index (χ2n) is 4.89. The van der Waals surface area contributed by atoms with Crippen LogP contribution < -0.4 is 0 Å². The molecule has 0 atom stereocenters. The van der Waals surface area contributed by atoms with Crippen LogP contribution in [0.4, 0.5) is 0 Å². The van der Waals surface area contributed by atoms with Gasteiger partial charge in [-0.15, -0.1) is 0 Å². The number of amides is 1. The highest BCUT2D eigenvalue weighted by atomic mass is 16.2. The first kappa shape index (κ1) is 13.3. The van der Waals surface area contributed by atoms with E-state index in [2.05, 4.69) is 29.0 Å². The predicted molar refractivity (Wildman–Crippen MR) is 72.7 cm³/mol. The van der Waals surface area contributed by atoms with Gasteiger partial charge in [-0.05, 0) is 23.6 Å². The zero-order chi connectivity index (χ0) is 13.8. The summed E-state index contributed by atoms with van der Waals surface area (Å²) in [5.74, 6) is 0.240. The maximum atomic E-state index is 12.2. The Hall–Kier alpha value is -2.17. The molecule has 5 nitrogen and oxygen atoms in total. The Kier molecular flexibility index (Phi) is 3.94. The van der Waals surface area contributed by atoms with Crippen molar-refractivity contribution in [3.8, 4) is 0 Å². The number of rotatable bonds is 4. The van der Waals surface area contributed by atoms with Crippen molar-refractivity contribution in [1.29, 1.82) is 0 Å². The minimum absolute atomic E-state index is 0.0907. The van der Waals surface area contributed by atoms with Gasteiger partial charge in [-0.25, -0.2) is 0 Å². The lowest BCUT2D eigenvalue weighted by molar-refractivity contribution is 0.0779. The molecule has 0 radical (unpaired) electrons. The summed E-state index contributed by atoms with van der Waals surface area (Å²) in [6.07, 6.45) is 3.47. The van der Waals surface area contributed by atoms with E-state index in [1.807, 2.05) is 18.2 Å². The van der Waals surface area contributed by atoms with Gasteiger partial charge in [-0.1, -0.05) is 19.9 Å². The van der Waals surface area contributed by atoms with E-state index in [9.17, 15) is 4.79 Å². The van der Waals surface area contributed by atoms with Crippen molar-refractivity contribution in [2.45, 2.75) is 26.3 Å². The quantitative estimate of drug-likeness (QED) is 0.914. The van der Waals surface area contributed by atoms with E-state index < -0.39 is 0 Å². The first-order chi connectivity index (χ1) is 9.08. The number of pyridine rings is 1. The van der Waals surface area contributed by atoms with Crippen LogP contribution in [0.3, 0.4) is 0 Å². The SMILES string of the molecule is CC(C)c1cc(C(=O)N(C)Cc2cccnc2)n[nH]1. The van der Waals surface area contributed by atoms with Crippen LogP contribution in [-0.4, -0.2) is 33.0 Å². The summed E-state index contributed by atoms with van der Waals surface area (Å²) < 4.78 is 0. The second-order valence-corrected chi connectivity index (χ2v) is 4.89. The molecule has 0 aliphatic rings. The molecule has 1 amide bonds. The lowest BCUT2D eigenvalue weighted by atomic mass is 10.1. The van der Waals surface area contributed by atoms with Gasteiger partial charge in [0.05, 0.1) is 0 Å². The molecule has 0 aromatic carbocycles. The van der Waals surface area contributed by atoms with Crippen molar-refractivity contribution in [2.75, 3.05) is 7.05 Å². The Labute approximate surface area is 112 Å². The normalized spacial score (nSPS) is 10.7. The van der Waals surface area contributed by atoms with Crippen molar-refractivity contribution in [2.24, 2.45) is 0 Å². The molecular formula is C14H18N4O. The van der Waals surface area contributed by atoms with Crippen LogP contribution in [0.5, 0.6) is 0 Å². The highest BCUT2D eigenvalue weighted by Crippen LogP contribution is 2.13. The van der Waals surface area contributed by atoms with Gasteiger partial charge in [-0.3, -0.25) is 14.9 Å². The molecule has 2 aromatic heterocycles. The summed E-state index contributed by atoms with van der Waals surface area (Å²) in [5, 5.41) is 6.96. The summed E-state index contributed by atoms with van der Waals surface area (Å²) in [6.45, 7) is 4.64. The molecule has 2 heterocycles. The van der Waals surface area contributed by atoms with Crippen LogP contribution in [0.1, 0.15) is 41.5 Å². The molecule has 0 saturated carbocycles. The lowest BCUT2D eigenvalue weighted by Crippen LogP contribution is -2.26. The topological polar surface area (TPSA) is 61.9 Å². The minimum Gasteiger partial charge on any atom is -0.336 e. The molecule has 0 fully saturated rings. The number of hydrogen-bond acceptors (Lipinski definition) is 3. The van der Waals surface area contributed by atoms with Crippen LogP contribution in [-0.2, 0) is 6.54 Å². The van der Waals surface area contributed by atoms with Gasteiger partial charge in [0.15, 0.2) is 0 Å². The molecular weight excluding hydrogens is 240 g/mol. The zero-order valence-electron chi connectivity index (χ0n) is 11.4. The number of aromatic nitrogens is 3. The molecule has 0 spiro atoms. The molecule has 0 saturated heterocycles. The number of nitrogens with zero attached hydrogens (tertiary/aromatic N) is 3. The number of H-pyrrole nitrogens is 1. The molecule has 0 aliphatic carbocycles. The Morgan fingerprint density at radius 2 is 2.26 bits per heavy atom. The smallest absolute Gasteiger partial charge is 0.274 e. The molecule has 0 unspecified atom stereocenters. The van der Waals surface area contributed by atoms with Crippen LogP contribution in [0, 0.1) is 0 Å². The highest BCUT2D eigenvalue weighted by Gasteiger charge is 2.16. The average Bonchev–Trinajstić information content (AvgIpc) is 2.88. The first-order valence-electron chi connectivity index (χ1n) is 6.27. The molecule has 100 valence electrons. The monoisotopic (exact) mass is 258 g/mol. The molecule has 0 aliphatic heterocycles. The third-order valence-electron chi connectivity index (χ3n) is 2.93. The standard InChI is InChI=1S/C14H18N4O/c1-10(2)12-7-13(17-16-12)14(19)18(3)9-11-5-4-6-15-8-11/h4-8,10H,9H2,1-3H3,(H,16,17). The summed E-state index contributed by atoms with van der Waals surface area (Å²) in [4.78, 5) is 17.9. The van der Waals surface area contributed by atoms with E-state index in [1.54, 1.807) is 24.3 Å². The Morgan fingerprint density at radius 3 is 2.84 bits per heavy atom. The van der Waals surface area contributed by atoms with E-state index in [-0.39, 0.29) is 5.91 Å². The number of hydrogen-bond donors (Lipinski definition) is 1. The summed E-state index contributed by atoms with van der Waals surface area (Å²) >= 11 is 0. The molecule has 0 bridgehead atoms. The molecule has 2 rings (SSSR count). The molecule has 1 N–H and O–H groups in total.